The van der Waals surface area contributed by atoms with E-state index in [0.29, 0.717) is 29.6 Å². The molecular formula is C19H21ClFN3O3. The van der Waals surface area contributed by atoms with E-state index in [1.54, 1.807) is 26.4 Å². The number of hydrogen-bond acceptors (Lipinski definition) is 6. The highest BCUT2D eigenvalue weighted by atomic mass is 35.5. The molecule has 8 heteroatoms. The second-order valence-corrected chi connectivity index (χ2v) is 5.75. The summed E-state index contributed by atoms with van der Waals surface area (Å²) < 4.78 is 29.0. The first kappa shape index (κ1) is 20.7. The van der Waals surface area contributed by atoms with Crippen LogP contribution in [0.5, 0.6) is 11.5 Å². The molecule has 0 aliphatic carbocycles. The van der Waals surface area contributed by atoms with Crippen molar-refractivity contribution in [3.8, 4) is 11.5 Å². The van der Waals surface area contributed by atoms with Crippen LogP contribution in [0.2, 0.25) is 0 Å². The summed E-state index contributed by atoms with van der Waals surface area (Å²) in [7, 11) is 3.17. The van der Waals surface area contributed by atoms with Crippen molar-refractivity contribution in [3.05, 3.63) is 71.1 Å². The monoisotopic (exact) mass is 393 g/mol. The zero-order valence-electron chi connectivity index (χ0n) is 15.0. The van der Waals surface area contributed by atoms with Gasteiger partial charge >= 0.3 is 0 Å². The van der Waals surface area contributed by atoms with Gasteiger partial charge in [-0.3, -0.25) is 0 Å². The maximum atomic E-state index is 13.1. The van der Waals surface area contributed by atoms with Crippen molar-refractivity contribution >= 4 is 12.4 Å². The van der Waals surface area contributed by atoms with Gasteiger partial charge in [0.15, 0.2) is 17.3 Å². The number of ether oxygens (including phenoxy) is 2. The highest BCUT2D eigenvalue weighted by Crippen LogP contribution is 2.28. The Kier molecular flexibility index (Phi) is 7.15. The summed E-state index contributed by atoms with van der Waals surface area (Å²) in [6, 6.07) is 11.7. The van der Waals surface area contributed by atoms with Gasteiger partial charge in [-0.2, -0.15) is 4.98 Å². The van der Waals surface area contributed by atoms with E-state index >= 15 is 0 Å². The molecule has 0 fully saturated rings. The van der Waals surface area contributed by atoms with Gasteiger partial charge in [0.25, 0.3) is 0 Å². The Morgan fingerprint density at radius 1 is 1.07 bits per heavy atom. The van der Waals surface area contributed by atoms with Crippen LogP contribution in [-0.2, 0) is 6.42 Å². The number of nitrogens with two attached hydrogens (primary N) is 1. The molecule has 6 nitrogen and oxygen atoms in total. The summed E-state index contributed by atoms with van der Waals surface area (Å²) in [5, 5.41) is 4.03. The lowest BCUT2D eigenvalue weighted by molar-refractivity contribution is 0.354. The molecule has 0 radical (unpaired) electrons. The van der Waals surface area contributed by atoms with Gasteiger partial charge in [-0.15, -0.1) is 12.4 Å². The predicted octanol–water partition coefficient (Wildman–Crippen LogP) is 3.33. The third kappa shape index (κ3) is 4.75. The van der Waals surface area contributed by atoms with Crippen LogP contribution in [0.4, 0.5) is 4.39 Å². The van der Waals surface area contributed by atoms with Crippen molar-refractivity contribution < 1.29 is 18.4 Å². The van der Waals surface area contributed by atoms with E-state index in [1.165, 1.54) is 12.1 Å². The van der Waals surface area contributed by atoms with Crippen LogP contribution in [0, 0.1) is 5.82 Å². The van der Waals surface area contributed by atoms with E-state index < -0.39 is 0 Å². The SMILES string of the molecule is COc1ccc(Cc2noc(C(CN)c3ccc(F)cc3)n2)cc1OC.Cl. The molecule has 3 rings (SSSR count). The predicted molar refractivity (Wildman–Crippen MR) is 101 cm³/mol. The Hall–Kier alpha value is -2.64. The summed E-state index contributed by atoms with van der Waals surface area (Å²) >= 11 is 0. The molecular weight excluding hydrogens is 373 g/mol. The molecule has 1 aromatic heterocycles. The Bertz CT molecular complexity index is 871. The quantitative estimate of drug-likeness (QED) is 0.662. The van der Waals surface area contributed by atoms with Gasteiger partial charge in [0, 0.05) is 13.0 Å². The Balaban J connectivity index is 0.00000261. The lowest BCUT2D eigenvalue weighted by atomic mass is 9.99. The minimum absolute atomic E-state index is 0. The van der Waals surface area contributed by atoms with Gasteiger partial charge in [0.2, 0.25) is 5.89 Å². The molecule has 0 aliphatic rings. The van der Waals surface area contributed by atoms with E-state index in [2.05, 4.69) is 10.1 Å². The lowest BCUT2D eigenvalue weighted by Gasteiger charge is -2.10. The Labute approximate surface area is 162 Å². The van der Waals surface area contributed by atoms with E-state index in [9.17, 15) is 4.39 Å². The van der Waals surface area contributed by atoms with Crippen LogP contribution in [0.25, 0.3) is 0 Å². The molecule has 2 aromatic carbocycles. The number of benzene rings is 2. The van der Waals surface area contributed by atoms with Crippen molar-refractivity contribution in [2.45, 2.75) is 12.3 Å². The number of methoxy groups -OCH3 is 2. The maximum absolute atomic E-state index is 13.1. The molecule has 3 aromatic rings. The second kappa shape index (κ2) is 9.34. The molecule has 0 saturated carbocycles. The number of halogens is 2. The van der Waals surface area contributed by atoms with Crippen LogP contribution in [-0.4, -0.2) is 30.9 Å². The van der Waals surface area contributed by atoms with Gasteiger partial charge < -0.3 is 19.7 Å². The third-order valence-electron chi connectivity index (χ3n) is 4.10. The average Bonchev–Trinajstić information content (AvgIpc) is 3.12. The number of rotatable bonds is 7. The van der Waals surface area contributed by atoms with Crippen LogP contribution >= 0.6 is 12.4 Å². The fourth-order valence-electron chi connectivity index (χ4n) is 2.73. The van der Waals surface area contributed by atoms with Crippen LogP contribution < -0.4 is 15.2 Å². The molecule has 27 heavy (non-hydrogen) atoms. The van der Waals surface area contributed by atoms with Crippen molar-refractivity contribution in [2.24, 2.45) is 5.73 Å². The van der Waals surface area contributed by atoms with Crippen molar-refractivity contribution in [2.75, 3.05) is 20.8 Å². The van der Waals surface area contributed by atoms with Gasteiger partial charge in [-0.1, -0.05) is 23.4 Å². The summed E-state index contributed by atoms with van der Waals surface area (Å²) in [4.78, 5) is 4.45. The standard InChI is InChI=1S/C19H20FN3O3.ClH/c1-24-16-8-3-12(9-17(16)25-2)10-18-22-19(26-23-18)15(11-21)13-4-6-14(20)7-5-13;/h3-9,15H,10-11,21H2,1-2H3;1H. The van der Waals surface area contributed by atoms with Crippen molar-refractivity contribution in [3.63, 3.8) is 0 Å². The minimum atomic E-state index is -0.302. The average molecular weight is 394 g/mol. The topological polar surface area (TPSA) is 83.4 Å². The number of hydrogen-bond donors (Lipinski definition) is 1. The van der Waals surface area contributed by atoms with Crippen LogP contribution in [0.1, 0.15) is 28.8 Å². The van der Waals surface area contributed by atoms with Crippen LogP contribution in [0.15, 0.2) is 47.0 Å². The van der Waals surface area contributed by atoms with Gasteiger partial charge in [0.05, 0.1) is 20.1 Å². The van der Waals surface area contributed by atoms with Gasteiger partial charge in [0.1, 0.15) is 5.82 Å². The first-order chi connectivity index (χ1) is 12.6. The summed E-state index contributed by atoms with van der Waals surface area (Å²) in [6.45, 7) is 0.281. The van der Waals surface area contributed by atoms with Crippen molar-refractivity contribution in [1.29, 1.82) is 0 Å². The first-order valence-electron chi connectivity index (χ1n) is 8.13. The highest BCUT2D eigenvalue weighted by molar-refractivity contribution is 5.85. The molecule has 144 valence electrons. The first-order valence-corrected chi connectivity index (χ1v) is 8.13. The second-order valence-electron chi connectivity index (χ2n) is 5.75. The Morgan fingerprint density at radius 3 is 2.41 bits per heavy atom. The smallest absolute Gasteiger partial charge is 0.235 e. The zero-order chi connectivity index (χ0) is 18.5. The summed E-state index contributed by atoms with van der Waals surface area (Å²) in [5.74, 6) is 1.67. The largest absolute Gasteiger partial charge is 0.493 e. The maximum Gasteiger partial charge on any atom is 0.235 e. The summed E-state index contributed by atoms with van der Waals surface area (Å²) in [5.41, 5.74) is 7.64. The summed E-state index contributed by atoms with van der Waals surface area (Å²) in [6.07, 6.45) is 0.477. The van der Waals surface area contributed by atoms with Crippen LogP contribution in [0.3, 0.4) is 0 Å². The van der Waals surface area contributed by atoms with E-state index in [1.807, 2.05) is 18.2 Å². The molecule has 0 spiro atoms. The van der Waals surface area contributed by atoms with E-state index in [4.69, 9.17) is 19.7 Å². The molecule has 0 bridgehead atoms. The minimum Gasteiger partial charge on any atom is -0.493 e. The highest BCUT2D eigenvalue weighted by Gasteiger charge is 2.20. The number of nitrogens with zero attached hydrogens (tertiary/aromatic N) is 2. The third-order valence-corrected chi connectivity index (χ3v) is 4.10. The molecule has 1 atom stereocenters. The Morgan fingerprint density at radius 2 is 1.78 bits per heavy atom. The fraction of sp³-hybridized carbons (Fsp3) is 0.263. The van der Waals surface area contributed by atoms with Gasteiger partial charge in [-0.05, 0) is 35.4 Å². The lowest BCUT2D eigenvalue weighted by Crippen LogP contribution is -2.14. The molecule has 0 saturated heterocycles. The molecule has 0 amide bonds. The molecule has 1 heterocycles. The van der Waals surface area contributed by atoms with Gasteiger partial charge in [-0.25, -0.2) is 4.39 Å². The molecule has 2 N–H and O–H groups in total. The number of aromatic nitrogens is 2. The fourth-order valence-corrected chi connectivity index (χ4v) is 2.73. The van der Waals surface area contributed by atoms with Crippen molar-refractivity contribution in [1.82, 2.24) is 10.1 Å². The zero-order valence-corrected chi connectivity index (χ0v) is 15.8. The molecule has 0 aliphatic heterocycles. The molecule has 1 unspecified atom stereocenters. The van der Waals surface area contributed by atoms with E-state index in [-0.39, 0.29) is 30.7 Å². The normalized spacial score (nSPS) is 11.6. The van der Waals surface area contributed by atoms with E-state index in [0.717, 1.165) is 11.1 Å².